The Hall–Kier alpha value is -2.64. The van der Waals surface area contributed by atoms with Gasteiger partial charge in [-0.1, -0.05) is 6.07 Å². The fraction of sp³-hybridized carbons (Fsp3) is 0.467. The van der Waals surface area contributed by atoms with E-state index in [2.05, 4.69) is 4.74 Å². The van der Waals surface area contributed by atoms with Gasteiger partial charge in [-0.25, -0.2) is 0 Å². The number of carbonyl (C=O) groups is 2. The van der Waals surface area contributed by atoms with Crippen molar-refractivity contribution >= 4 is 23.3 Å². The zero-order valence-electron chi connectivity index (χ0n) is 12.9. The average molecular weight is 321 g/mol. The number of nitrogens with zero attached hydrogens (tertiary/aromatic N) is 2. The van der Waals surface area contributed by atoms with Crippen LogP contribution in [0.4, 0.5) is 11.4 Å². The molecular formula is C15H19N3O5. The van der Waals surface area contributed by atoms with Crippen LogP contribution < -0.4 is 10.6 Å². The third-order valence-electron chi connectivity index (χ3n) is 4.05. The molecule has 0 bridgehead atoms. The van der Waals surface area contributed by atoms with Crippen molar-refractivity contribution in [3.8, 4) is 0 Å². The van der Waals surface area contributed by atoms with Crippen molar-refractivity contribution in [2.45, 2.75) is 19.3 Å². The molecule has 0 unspecified atom stereocenters. The van der Waals surface area contributed by atoms with E-state index in [1.165, 1.54) is 13.2 Å². The zero-order valence-corrected chi connectivity index (χ0v) is 12.9. The maximum absolute atomic E-state index is 11.3. The minimum atomic E-state index is -0.462. The Morgan fingerprint density at radius 1 is 1.39 bits per heavy atom. The van der Waals surface area contributed by atoms with Crippen LogP contribution in [0.1, 0.15) is 18.4 Å². The van der Waals surface area contributed by atoms with E-state index in [9.17, 15) is 19.7 Å². The van der Waals surface area contributed by atoms with Crippen LogP contribution in [0.2, 0.25) is 0 Å². The lowest BCUT2D eigenvalue weighted by Gasteiger charge is -2.32. The summed E-state index contributed by atoms with van der Waals surface area (Å²) in [6, 6.07) is 4.72. The summed E-state index contributed by atoms with van der Waals surface area (Å²) in [7, 11) is 1.27. The Balaban J connectivity index is 2.20. The van der Waals surface area contributed by atoms with Crippen LogP contribution in [0.15, 0.2) is 18.2 Å². The summed E-state index contributed by atoms with van der Waals surface area (Å²) in [4.78, 5) is 35.2. The third kappa shape index (κ3) is 3.97. The normalized spacial score (nSPS) is 15.3. The number of nitro benzene ring substituents is 1. The number of benzene rings is 1. The van der Waals surface area contributed by atoms with Crippen molar-refractivity contribution in [1.82, 2.24) is 0 Å². The number of hydrogen-bond donors (Lipinski definition) is 1. The van der Waals surface area contributed by atoms with E-state index in [1.807, 2.05) is 4.90 Å². The number of piperidine rings is 1. The van der Waals surface area contributed by atoms with Gasteiger partial charge in [-0.2, -0.15) is 0 Å². The zero-order chi connectivity index (χ0) is 17.0. The van der Waals surface area contributed by atoms with Gasteiger partial charge in [0.2, 0.25) is 5.91 Å². The van der Waals surface area contributed by atoms with Crippen LogP contribution in [-0.4, -0.2) is 37.0 Å². The lowest BCUT2D eigenvalue weighted by molar-refractivity contribution is -0.384. The number of hydrogen-bond acceptors (Lipinski definition) is 6. The molecule has 124 valence electrons. The molecule has 0 saturated carbocycles. The molecule has 0 aliphatic carbocycles. The van der Waals surface area contributed by atoms with Crippen molar-refractivity contribution in [2.24, 2.45) is 11.7 Å². The molecule has 1 fully saturated rings. The van der Waals surface area contributed by atoms with Crippen LogP contribution in [0.25, 0.3) is 0 Å². The van der Waals surface area contributed by atoms with Crippen LogP contribution in [0.3, 0.4) is 0 Å². The highest BCUT2D eigenvalue weighted by Crippen LogP contribution is 2.32. The molecule has 1 heterocycles. The minimum Gasteiger partial charge on any atom is -0.469 e. The second-order valence-electron chi connectivity index (χ2n) is 5.50. The minimum absolute atomic E-state index is 0.0125. The second-order valence-corrected chi connectivity index (χ2v) is 5.50. The molecule has 0 atom stereocenters. The summed E-state index contributed by atoms with van der Waals surface area (Å²) in [5.74, 6) is -0.953. The molecular weight excluding hydrogens is 302 g/mol. The van der Waals surface area contributed by atoms with Gasteiger partial charge in [0.25, 0.3) is 5.69 Å². The molecule has 0 radical (unpaired) electrons. The number of primary amides is 1. The van der Waals surface area contributed by atoms with Gasteiger partial charge in [-0.05, 0) is 24.5 Å². The number of nitro groups is 1. The van der Waals surface area contributed by atoms with Gasteiger partial charge in [0.1, 0.15) is 5.69 Å². The van der Waals surface area contributed by atoms with E-state index in [0.717, 1.165) is 0 Å². The lowest BCUT2D eigenvalue weighted by Crippen LogP contribution is -2.38. The first-order valence-corrected chi connectivity index (χ1v) is 7.30. The number of amides is 1. The Kier molecular flexibility index (Phi) is 5.15. The van der Waals surface area contributed by atoms with Crippen LogP contribution in [0, 0.1) is 16.0 Å². The van der Waals surface area contributed by atoms with Crippen LogP contribution >= 0.6 is 0 Å². The fourth-order valence-electron chi connectivity index (χ4n) is 2.74. The Morgan fingerprint density at radius 3 is 2.57 bits per heavy atom. The number of ether oxygens (including phenoxy) is 1. The largest absolute Gasteiger partial charge is 0.469 e. The fourth-order valence-corrected chi connectivity index (χ4v) is 2.74. The molecule has 0 aromatic heterocycles. The van der Waals surface area contributed by atoms with Crippen LogP contribution in [-0.2, 0) is 20.7 Å². The predicted octanol–water partition coefficient (Wildman–Crippen LogP) is 1.01. The number of anilines is 1. The van der Waals surface area contributed by atoms with Crippen molar-refractivity contribution in [1.29, 1.82) is 0 Å². The molecule has 1 aliphatic heterocycles. The number of carbonyl (C=O) groups excluding carboxylic acids is 2. The quantitative estimate of drug-likeness (QED) is 0.491. The van der Waals surface area contributed by atoms with Gasteiger partial charge in [0.05, 0.1) is 18.5 Å². The maximum Gasteiger partial charge on any atom is 0.309 e. The summed E-state index contributed by atoms with van der Waals surface area (Å²) in [6.07, 6.45) is 1.15. The summed E-state index contributed by atoms with van der Waals surface area (Å²) in [5.41, 5.74) is 6.27. The molecule has 0 spiro atoms. The predicted molar refractivity (Wildman–Crippen MR) is 82.9 cm³/mol. The van der Waals surface area contributed by atoms with Crippen molar-refractivity contribution in [3.63, 3.8) is 0 Å². The molecule has 1 saturated heterocycles. The molecule has 8 nitrogen and oxygen atoms in total. The Bertz CT molecular complexity index is 624. The van der Waals surface area contributed by atoms with Gasteiger partial charge in [-0.3, -0.25) is 19.7 Å². The number of rotatable bonds is 5. The summed E-state index contributed by atoms with van der Waals surface area (Å²) in [5, 5.41) is 11.3. The first-order chi connectivity index (χ1) is 10.9. The number of esters is 1. The molecule has 1 aliphatic rings. The Morgan fingerprint density at radius 2 is 2.04 bits per heavy atom. The topological polar surface area (TPSA) is 116 Å². The monoisotopic (exact) mass is 321 g/mol. The smallest absolute Gasteiger partial charge is 0.309 e. The molecule has 2 N–H and O–H groups in total. The van der Waals surface area contributed by atoms with E-state index in [4.69, 9.17) is 5.73 Å². The third-order valence-corrected chi connectivity index (χ3v) is 4.05. The van der Waals surface area contributed by atoms with Gasteiger partial charge >= 0.3 is 5.97 Å². The van der Waals surface area contributed by atoms with E-state index in [-0.39, 0.29) is 23.9 Å². The van der Waals surface area contributed by atoms with E-state index in [0.29, 0.717) is 37.2 Å². The van der Waals surface area contributed by atoms with Gasteiger partial charge in [0, 0.05) is 25.1 Å². The standard InChI is InChI=1S/C15H19N3O5/c1-23-14(19)9-10-2-3-12(13(8-10)18(21)22)17-6-4-11(5-7-17)15(16)20/h2-3,8,11H,4-7,9H2,1H3,(H2,16,20). The maximum atomic E-state index is 11.3. The SMILES string of the molecule is COC(=O)Cc1ccc(N2CCC(C(N)=O)CC2)c([N+](=O)[O-])c1. The summed E-state index contributed by atoms with van der Waals surface area (Å²) >= 11 is 0. The van der Waals surface area contributed by atoms with Crippen molar-refractivity contribution < 1.29 is 19.2 Å². The molecule has 23 heavy (non-hydrogen) atoms. The first-order valence-electron chi connectivity index (χ1n) is 7.30. The first kappa shape index (κ1) is 16.7. The van der Waals surface area contributed by atoms with Gasteiger partial charge < -0.3 is 15.4 Å². The molecule has 1 aromatic rings. The average Bonchev–Trinajstić information content (AvgIpc) is 2.54. The highest BCUT2D eigenvalue weighted by atomic mass is 16.6. The summed E-state index contributed by atoms with van der Waals surface area (Å²) in [6.45, 7) is 1.07. The van der Waals surface area contributed by atoms with Crippen molar-refractivity contribution in [2.75, 3.05) is 25.1 Å². The highest BCUT2D eigenvalue weighted by molar-refractivity contribution is 5.77. The number of methoxy groups -OCH3 is 1. The summed E-state index contributed by atoms with van der Waals surface area (Å²) < 4.78 is 4.57. The lowest BCUT2D eigenvalue weighted by atomic mass is 9.95. The van der Waals surface area contributed by atoms with Gasteiger partial charge in [0.15, 0.2) is 0 Å². The van der Waals surface area contributed by atoms with E-state index >= 15 is 0 Å². The highest BCUT2D eigenvalue weighted by Gasteiger charge is 2.27. The molecule has 2 rings (SSSR count). The van der Waals surface area contributed by atoms with E-state index < -0.39 is 10.9 Å². The molecule has 1 amide bonds. The Labute approximate surface area is 133 Å². The number of nitrogens with two attached hydrogens (primary N) is 1. The van der Waals surface area contributed by atoms with Crippen molar-refractivity contribution in [3.05, 3.63) is 33.9 Å². The second kappa shape index (κ2) is 7.08. The van der Waals surface area contributed by atoms with E-state index in [1.54, 1.807) is 12.1 Å². The van der Waals surface area contributed by atoms with Crippen LogP contribution in [0.5, 0.6) is 0 Å². The molecule has 8 heteroatoms. The van der Waals surface area contributed by atoms with Gasteiger partial charge in [-0.15, -0.1) is 0 Å². The molecule has 1 aromatic carbocycles.